The Hall–Kier alpha value is -5.45. The lowest BCUT2D eigenvalue weighted by Crippen LogP contribution is -2.14. The lowest BCUT2D eigenvalue weighted by Gasteiger charge is -2.21. The van der Waals surface area contributed by atoms with E-state index in [1.165, 1.54) is 53.6 Å². The molecule has 0 saturated carbocycles. The van der Waals surface area contributed by atoms with Gasteiger partial charge in [-0.25, -0.2) is 15.0 Å². The van der Waals surface area contributed by atoms with Crippen LogP contribution in [0.2, 0.25) is 0 Å². The molecule has 1 aliphatic rings. The molecule has 0 aliphatic heterocycles. The Balaban J connectivity index is 1.11. The van der Waals surface area contributed by atoms with Crippen LogP contribution in [0, 0.1) is 0 Å². The van der Waals surface area contributed by atoms with Gasteiger partial charge in [-0.15, -0.1) is 11.3 Å². The molecule has 3 nitrogen and oxygen atoms in total. The van der Waals surface area contributed by atoms with Crippen LogP contribution in [-0.4, -0.2) is 15.0 Å². The van der Waals surface area contributed by atoms with Crippen molar-refractivity contribution < 1.29 is 0 Å². The molecule has 2 aromatic heterocycles. The molecule has 0 bridgehead atoms. The van der Waals surface area contributed by atoms with E-state index in [-0.39, 0.29) is 5.41 Å². The summed E-state index contributed by atoms with van der Waals surface area (Å²) in [6.45, 7) is 4.70. The summed E-state index contributed by atoms with van der Waals surface area (Å²) >= 11 is 1.88. The molecule has 0 N–H and O–H groups in total. The highest BCUT2D eigenvalue weighted by Crippen LogP contribution is 2.51. The highest BCUT2D eigenvalue weighted by Gasteiger charge is 2.35. The molecule has 0 spiro atoms. The first-order valence-electron chi connectivity index (χ1n) is 15.6. The molecule has 1 aliphatic carbocycles. The smallest absolute Gasteiger partial charge is 0.164 e. The third-order valence-corrected chi connectivity index (χ3v) is 10.5. The van der Waals surface area contributed by atoms with Gasteiger partial charge in [0.15, 0.2) is 17.5 Å². The fraction of sp³-hybridized carbons (Fsp3) is 0.0714. The van der Waals surface area contributed by atoms with Crippen LogP contribution >= 0.6 is 11.3 Å². The summed E-state index contributed by atoms with van der Waals surface area (Å²) in [7, 11) is 0. The number of nitrogens with zero attached hydrogens (tertiary/aromatic N) is 3. The van der Waals surface area contributed by atoms with E-state index in [1.807, 2.05) is 72.0 Å². The van der Waals surface area contributed by atoms with Crippen LogP contribution in [-0.2, 0) is 5.41 Å². The standard InChI is InChI=1S/C42H29N3S/c1-42(2)35-16-10-9-15-31(35)32-25-38-34(24-36(32)42)33-23-30(21-22-37(33)46-38)26-17-19-29(20-18-26)41-44-39(27-11-5-3-6-12-27)43-40(45-41)28-13-7-4-8-14-28/h3-25H,1-2H3. The Kier molecular flexibility index (Phi) is 6.02. The molecule has 0 radical (unpaired) electrons. The van der Waals surface area contributed by atoms with E-state index in [0.717, 1.165) is 16.7 Å². The number of thiophene rings is 1. The van der Waals surface area contributed by atoms with Gasteiger partial charge in [-0.2, -0.15) is 0 Å². The van der Waals surface area contributed by atoms with Crippen LogP contribution in [0.5, 0.6) is 0 Å². The minimum absolute atomic E-state index is 0.0163. The fourth-order valence-corrected chi connectivity index (χ4v) is 8.01. The summed E-state index contributed by atoms with van der Waals surface area (Å²) in [5.41, 5.74) is 10.8. The number of aromatic nitrogens is 3. The van der Waals surface area contributed by atoms with Crippen LogP contribution in [0.1, 0.15) is 25.0 Å². The Morgan fingerprint density at radius 3 is 1.59 bits per heavy atom. The number of hydrogen-bond donors (Lipinski definition) is 0. The van der Waals surface area contributed by atoms with Crippen LogP contribution < -0.4 is 0 Å². The lowest BCUT2D eigenvalue weighted by atomic mass is 9.82. The monoisotopic (exact) mass is 607 g/mol. The predicted molar refractivity (Wildman–Crippen MR) is 192 cm³/mol. The molecule has 0 fully saturated rings. The molecule has 0 atom stereocenters. The molecular formula is C42H29N3S. The van der Waals surface area contributed by atoms with Crippen molar-refractivity contribution in [1.82, 2.24) is 15.0 Å². The largest absolute Gasteiger partial charge is 0.208 e. The zero-order chi connectivity index (χ0) is 30.8. The van der Waals surface area contributed by atoms with Crippen molar-refractivity contribution >= 4 is 31.5 Å². The third kappa shape index (κ3) is 4.29. The Bertz CT molecular complexity index is 2370. The van der Waals surface area contributed by atoms with Crippen LogP contribution in [0.4, 0.5) is 0 Å². The second-order valence-corrected chi connectivity index (χ2v) is 13.6. The SMILES string of the molecule is CC1(C)c2ccccc2-c2cc3sc4ccc(-c5ccc(-c6nc(-c7ccccc7)nc(-c7ccccc7)n6)cc5)cc4c3cc21. The van der Waals surface area contributed by atoms with Crippen LogP contribution in [0.25, 0.3) is 76.6 Å². The number of hydrogen-bond acceptors (Lipinski definition) is 4. The summed E-state index contributed by atoms with van der Waals surface area (Å²) in [5, 5.41) is 2.65. The molecular weight excluding hydrogens is 579 g/mol. The summed E-state index contributed by atoms with van der Waals surface area (Å²) in [6.07, 6.45) is 0. The molecule has 2 heterocycles. The maximum Gasteiger partial charge on any atom is 0.164 e. The first-order chi connectivity index (χ1) is 22.5. The van der Waals surface area contributed by atoms with Gasteiger partial charge in [0.25, 0.3) is 0 Å². The molecule has 6 aromatic carbocycles. The van der Waals surface area contributed by atoms with Gasteiger partial charge in [-0.1, -0.05) is 129 Å². The maximum absolute atomic E-state index is 4.90. The van der Waals surface area contributed by atoms with E-state index in [0.29, 0.717) is 17.5 Å². The molecule has 4 heteroatoms. The lowest BCUT2D eigenvalue weighted by molar-refractivity contribution is 0.661. The molecule has 0 amide bonds. The molecule has 8 aromatic rings. The first kappa shape index (κ1) is 26.9. The average molecular weight is 608 g/mol. The number of benzene rings is 6. The minimum Gasteiger partial charge on any atom is -0.208 e. The van der Waals surface area contributed by atoms with Gasteiger partial charge in [0.1, 0.15) is 0 Å². The van der Waals surface area contributed by atoms with Crippen molar-refractivity contribution in [2.75, 3.05) is 0 Å². The van der Waals surface area contributed by atoms with Crippen LogP contribution in [0.15, 0.2) is 140 Å². The summed E-state index contributed by atoms with van der Waals surface area (Å²) in [4.78, 5) is 14.6. The van der Waals surface area contributed by atoms with Gasteiger partial charge in [-0.05, 0) is 57.6 Å². The van der Waals surface area contributed by atoms with E-state index in [1.54, 1.807) is 0 Å². The van der Waals surface area contributed by atoms with E-state index >= 15 is 0 Å². The van der Waals surface area contributed by atoms with Crippen molar-refractivity contribution in [2.24, 2.45) is 0 Å². The summed E-state index contributed by atoms with van der Waals surface area (Å²) in [6, 6.07) is 49.4. The van der Waals surface area contributed by atoms with Gasteiger partial charge in [-0.3, -0.25) is 0 Å². The second kappa shape index (κ2) is 10.3. The van der Waals surface area contributed by atoms with Crippen LogP contribution in [0.3, 0.4) is 0 Å². The zero-order valence-electron chi connectivity index (χ0n) is 25.5. The highest BCUT2D eigenvalue weighted by atomic mass is 32.1. The van der Waals surface area contributed by atoms with Gasteiger partial charge < -0.3 is 0 Å². The van der Waals surface area contributed by atoms with Crippen molar-refractivity contribution in [2.45, 2.75) is 19.3 Å². The van der Waals surface area contributed by atoms with Crippen molar-refractivity contribution in [3.63, 3.8) is 0 Å². The first-order valence-corrected chi connectivity index (χ1v) is 16.4. The van der Waals surface area contributed by atoms with E-state index in [2.05, 4.69) is 92.7 Å². The zero-order valence-corrected chi connectivity index (χ0v) is 26.3. The average Bonchev–Trinajstić information content (AvgIpc) is 3.59. The topological polar surface area (TPSA) is 38.7 Å². The molecule has 0 unspecified atom stereocenters. The highest BCUT2D eigenvalue weighted by molar-refractivity contribution is 7.25. The van der Waals surface area contributed by atoms with E-state index in [4.69, 9.17) is 15.0 Å². The van der Waals surface area contributed by atoms with E-state index in [9.17, 15) is 0 Å². The summed E-state index contributed by atoms with van der Waals surface area (Å²) in [5.74, 6) is 2.00. The van der Waals surface area contributed by atoms with Crippen molar-refractivity contribution in [1.29, 1.82) is 0 Å². The van der Waals surface area contributed by atoms with Crippen molar-refractivity contribution in [3.8, 4) is 56.4 Å². The summed E-state index contributed by atoms with van der Waals surface area (Å²) < 4.78 is 2.66. The second-order valence-electron chi connectivity index (χ2n) is 12.5. The van der Waals surface area contributed by atoms with Gasteiger partial charge in [0.05, 0.1) is 0 Å². The van der Waals surface area contributed by atoms with Gasteiger partial charge in [0.2, 0.25) is 0 Å². The Morgan fingerprint density at radius 2 is 0.935 bits per heavy atom. The fourth-order valence-electron chi connectivity index (χ4n) is 6.90. The van der Waals surface area contributed by atoms with Gasteiger partial charge >= 0.3 is 0 Å². The quantitative estimate of drug-likeness (QED) is 0.200. The maximum atomic E-state index is 4.90. The third-order valence-electron chi connectivity index (χ3n) is 9.35. The minimum atomic E-state index is -0.0163. The molecule has 46 heavy (non-hydrogen) atoms. The Morgan fingerprint density at radius 1 is 0.413 bits per heavy atom. The van der Waals surface area contributed by atoms with Gasteiger partial charge in [0, 0.05) is 42.3 Å². The Labute approximate surface area is 271 Å². The molecule has 9 rings (SSSR count). The predicted octanol–water partition coefficient (Wildman–Crippen LogP) is 11.2. The van der Waals surface area contributed by atoms with E-state index < -0.39 is 0 Å². The number of rotatable bonds is 4. The normalized spacial score (nSPS) is 13.2. The molecule has 218 valence electrons. The molecule has 0 saturated heterocycles. The number of fused-ring (bicyclic) bond motifs is 6. The van der Waals surface area contributed by atoms with Crippen molar-refractivity contribution in [3.05, 3.63) is 151 Å².